The van der Waals surface area contributed by atoms with Crippen LogP contribution in [0.25, 0.3) is 21.6 Å². The molecule has 146 valence electrons. The number of fused-ring (bicyclic) bond motifs is 1. The molecule has 4 aromatic heterocycles. The van der Waals surface area contributed by atoms with E-state index in [1.165, 1.54) is 29.9 Å². The zero-order valence-electron chi connectivity index (χ0n) is 15.1. The first-order valence-corrected chi connectivity index (χ1v) is 9.66. The van der Waals surface area contributed by atoms with E-state index in [1.54, 1.807) is 24.5 Å². The number of aromatic carboxylic acids is 1. The summed E-state index contributed by atoms with van der Waals surface area (Å²) in [5, 5.41) is 15.1. The topological polar surface area (TPSA) is 123 Å². The van der Waals surface area contributed by atoms with E-state index >= 15 is 0 Å². The molecule has 0 spiro atoms. The highest BCUT2D eigenvalue weighted by Gasteiger charge is 2.14. The fourth-order valence-corrected chi connectivity index (χ4v) is 3.56. The zero-order chi connectivity index (χ0) is 20.1. The number of pyridine rings is 1. The second kappa shape index (κ2) is 8.57. The van der Waals surface area contributed by atoms with E-state index in [1.807, 2.05) is 5.38 Å². The van der Waals surface area contributed by atoms with Crippen molar-refractivity contribution >= 4 is 33.3 Å². The fourth-order valence-electron chi connectivity index (χ4n) is 2.67. The van der Waals surface area contributed by atoms with Crippen LogP contribution in [0, 0.1) is 0 Å². The molecule has 0 radical (unpaired) electrons. The predicted molar refractivity (Wildman–Crippen MR) is 108 cm³/mol. The SMILES string of the molecule is O=C(O)c1ccc(OCCCNc2ncnc3scc(-c4ncccn4)c23)cn1. The van der Waals surface area contributed by atoms with Gasteiger partial charge in [-0.3, -0.25) is 0 Å². The highest BCUT2D eigenvalue weighted by atomic mass is 32.1. The summed E-state index contributed by atoms with van der Waals surface area (Å²) in [7, 11) is 0. The van der Waals surface area contributed by atoms with Crippen LogP contribution in [0.15, 0.2) is 48.5 Å². The lowest BCUT2D eigenvalue weighted by Gasteiger charge is -2.09. The maximum absolute atomic E-state index is 10.8. The van der Waals surface area contributed by atoms with Crippen molar-refractivity contribution in [3.63, 3.8) is 0 Å². The molecule has 29 heavy (non-hydrogen) atoms. The van der Waals surface area contributed by atoms with E-state index in [2.05, 4.69) is 30.2 Å². The number of carboxylic acid groups (broad SMARTS) is 1. The number of nitrogens with one attached hydrogen (secondary N) is 1. The Bertz CT molecular complexity index is 1120. The Balaban J connectivity index is 1.37. The minimum Gasteiger partial charge on any atom is -0.492 e. The van der Waals surface area contributed by atoms with Gasteiger partial charge in [-0.05, 0) is 24.6 Å². The fraction of sp³-hybridized carbons (Fsp3) is 0.158. The first kappa shape index (κ1) is 18.7. The Labute approximate surface area is 169 Å². The Morgan fingerprint density at radius 3 is 2.76 bits per heavy atom. The van der Waals surface area contributed by atoms with Crippen molar-refractivity contribution in [2.75, 3.05) is 18.5 Å². The van der Waals surface area contributed by atoms with Crippen molar-refractivity contribution in [2.45, 2.75) is 6.42 Å². The van der Waals surface area contributed by atoms with Gasteiger partial charge in [0.25, 0.3) is 0 Å². The number of carbonyl (C=O) groups is 1. The average Bonchev–Trinajstić information content (AvgIpc) is 3.19. The molecule has 4 heterocycles. The summed E-state index contributed by atoms with van der Waals surface area (Å²) in [5.74, 6) is 0.829. The van der Waals surface area contributed by atoms with Gasteiger partial charge in [0, 0.05) is 29.9 Å². The molecule has 0 amide bonds. The maximum Gasteiger partial charge on any atom is 0.354 e. The molecule has 0 bridgehead atoms. The molecule has 10 heteroatoms. The van der Waals surface area contributed by atoms with Crippen LogP contribution >= 0.6 is 11.3 Å². The Morgan fingerprint density at radius 1 is 1.14 bits per heavy atom. The van der Waals surface area contributed by atoms with E-state index in [0.29, 0.717) is 31.1 Å². The van der Waals surface area contributed by atoms with Gasteiger partial charge in [-0.1, -0.05) is 0 Å². The summed E-state index contributed by atoms with van der Waals surface area (Å²) < 4.78 is 5.60. The van der Waals surface area contributed by atoms with Gasteiger partial charge in [0.2, 0.25) is 0 Å². The van der Waals surface area contributed by atoms with Crippen molar-refractivity contribution in [1.82, 2.24) is 24.9 Å². The van der Waals surface area contributed by atoms with Gasteiger partial charge in [0.05, 0.1) is 18.2 Å². The summed E-state index contributed by atoms with van der Waals surface area (Å²) in [6, 6.07) is 4.78. The van der Waals surface area contributed by atoms with Crippen LogP contribution in [0.3, 0.4) is 0 Å². The van der Waals surface area contributed by atoms with Gasteiger partial charge >= 0.3 is 5.97 Å². The smallest absolute Gasteiger partial charge is 0.354 e. The van der Waals surface area contributed by atoms with Gasteiger partial charge in [-0.15, -0.1) is 11.3 Å². The average molecular weight is 408 g/mol. The molecule has 0 unspecified atom stereocenters. The minimum atomic E-state index is -1.06. The molecule has 0 aliphatic heterocycles. The van der Waals surface area contributed by atoms with Crippen LogP contribution in [-0.4, -0.2) is 49.1 Å². The van der Waals surface area contributed by atoms with Crippen molar-refractivity contribution < 1.29 is 14.6 Å². The number of anilines is 1. The van der Waals surface area contributed by atoms with Crippen LogP contribution < -0.4 is 10.1 Å². The standard InChI is InChI=1S/C19H16N6O3S/c26-19(27)14-4-3-12(9-23-14)28-8-2-7-22-17-15-13(16-20-5-1-6-21-16)10-29-18(15)25-11-24-17/h1,3-6,9-11H,2,7-8H2,(H,26,27)(H,22,24,25). The Hall–Kier alpha value is -3.66. The van der Waals surface area contributed by atoms with E-state index in [9.17, 15) is 4.79 Å². The van der Waals surface area contributed by atoms with E-state index in [4.69, 9.17) is 9.84 Å². The molecule has 0 saturated heterocycles. The summed E-state index contributed by atoms with van der Waals surface area (Å²) in [6.45, 7) is 1.09. The zero-order valence-corrected chi connectivity index (χ0v) is 16.0. The van der Waals surface area contributed by atoms with Crippen LogP contribution in [0.5, 0.6) is 5.75 Å². The molecule has 0 aliphatic rings. The highest BCUT2D eigenvalue weighted by molar-refractivity contribution is 7.17. The van der Waals surface area contributed by atoms with Gasteiger partial charge in [0.1, 0.15) is 28.4 Å². The number of hydrogen-bond donors (Lipinski definition) is 2. The number of aromatic nitrogens is 5. The third-order valence-electron chi connectivity index (χ3n) is 4.01. The van der Waals surface area contributed by atoms with E-state index < -0.39 is 5.97 Å². The number of rotatable bonds is 8. The highest BCUT2D eigenvalue weighted by Crippen LogP contribution is 2.34. The van der Waals surface area contributed by atoms with E-state index in [-0.39, 0.29) is 5.69 Å². The van der Waals surface area contributed by atoms with Crippen LogP contribution in [0.4, 0.5) is 5.82 Å². The number of thiophene rings is 1. The number of carboxylic acids is 1. The van der Waals surface area contributed by atoms with Gasteiger partial charge in [0.15, 0.2) is 5.82 Å². The lowest BCUT2D eigenvalue weighted by molar-refractivity contribution is 0.0690. The summed E-state index contributed by atoms with van der Waals surface area (Å²) >= 11 is 1.52. The monoisotopic (exact) mass is 408 g/mol. The third kappa shape index (κ3) is 4.27. The van der Waals surface area contributed by atoms with Gasteiger partial charge in [-0.25, -0.2) is 29.7 Å². The molecular formula is C19H16N6O3S. The first-order chi connectivity index (χ1) is 14.2. The van der Waals surface area contributed by atoms with Crippen LogP contribution in [-0.2, 0) is 0 Å². The van der Waals surface area contributed by atoms with Crippen LogP contribution in [0.1, 0.15) is 16.9 Å². The van der Waals surface area contributed by atoms with Gasteiger partial charge < -0.3 is 15.2 Å². The predicted octanol–water partition coefficient (Wildman–Crippen LogP) is 3.12. The normalized spacial score (nSPS) is 10.8. The van der Waals surface area contributed by atoms with E-state index in [0.717, 1.165) is 21.6 Å². The molecule has 2 N–H and O–H groups in total. The molecule has 0 aliphatic carbocycles. The van der Waals surface area contributed by atoms with Crippen molar-refractivity contribution in [3.8, 4) is 17.1 Å². The Morgan fingerprint density at radius 2 is 2.00 bits per heavy atom. The first-order valence-electron chi connectivity index (χ1n) is 8.78. The molecule has 0 aromatic carbocycles. The second-order valence-corrected chi connectivity index (χ2v) is 6.80. The quantitative estimate of drug-likeness (QED) is 0.423. The number of hydrogen-bond acceptors (Lipinski definition) is 9. The number of ether oxygens (including phenoxy) is 1. The van der Waals surface area contributed by atoms with Crippen molar-refractivity contribution in [2.24, 2.45) is 0 Å². The second-order valence-electron chi connectivity index (χ2n) is 5.94. The summed E-state index contributed by atoms with van der Waals surface area (Å²) in [5.41, 5.74) is 0.885. The lowest BCUT2D eigenvalue weighted by Crippen LogP contribution is -2.09. The van der Waals surface area contributed by atoms with Crippen molar-refractivity contribution in [3.05, 3.63) is 54.2 Å². The molecule has 4 rings (SSSR count). The third-order valence-corrected chi connectivity index (χ3v) is 4.90. The van der Waals surface area contributed by atoms with Crippen LogP contribution in [0.2, 0.25) is 0 Å². The molecule has 0 atom stereocenters. The molecule has 9 nitrogen and oxygen atoms in total. The van der Waals surface area contributed by atoms with Crippen molar-refractivity contribution in [1.29, 1.82) is 0 Å². The summed E-state index contributed by atoms with van der Waals surface area (Å²) in [4.78, 5) is 32.8. The summed E-state index contributed by atoms with van der Waals surface area (Å²) in [6.07, 6.45) is 7.06. The molecular weight excluding hydrogens is 392 g/mol. The largest absolute Gasteiger partial charge is 0.492 e. The molecule has 0 fully saturated rings. The molecule has 0 saturated carbocycles. The maximum atomic E-state index is 10.8. The lowest BCUT2D eigenvalue weighted by atomic mass is 10.2. The Kier molecular flexibility index (Phi) is 5.52. The minimum absolute atomic E-state index is 0.0132. The molecule has 4 aromatic rings. The number of nitrogens with zero attached hydrogens (tertiary/aromatic N) is 5. The van der Waals surface area contributed by atoms with Gasteiger partial charge in [-0.2, -0.15) is 0 Å².